The van der Waals surface area contributed by atoms with Crippen molar-refractivity contribution >= 4 is 17.8 Å². The first kappa shape index (κ1) is 14.0. The molecule has 0 aromatic rings. The highest BCUT2D eigenvalue weighted by Gasteiger charge is 2.36. The van der Waals surface area contributed by atoms with Crippen LogP contribution in [0.15, 0.2) is 0 Å². The quantitative estimate of drug-likeness (QED) is 0.562. The van der Waals surface area contributed by atoms with E-state index < -0.39 is 36.4 Å². The molecule has 7 nitrogen and oxygen atoms in total. The molecule has 0 spiro atoms. The van der Waals surface area contributed by atoms with Crippen molar-refractivity contribution < 1.29 is 19.5 Å². The van der Waals surface area contributed by atoms with Gasteiger partial charge in [-0.3, -0.25) is 19.3 Å². The molecular formula is C12H19N3O4. The Morgan fingerprint density at radius 3 is 1.79 bits per heavy atom. The van der Waals surface area contributed by atoms with Crippen molar-refractivity contribution in [1.82, 2.24) is 15.5 Å². The van der Waals surface area contributed by atoms with Crippen molar-refractivity contribution in [1.29, 1.82) is 0 Å². The fourth-order valence-electron chi connectivity index (χ4n) is 2.57. The predicted octanol–water partition coefficient (Wildman–Crippen LogP) is -1.07. The van der Waals surface area contributed by atoms with Crippen LogP contribution in [0.2, 0.25) is 0 Å². The number of carboxylic acids is 1. The van der Waals surface area contributed by atoms with E-state index in [1.807, 2.05) is 0 Å². The predicted molar refractivity (Wildman–Crippen MR) is 66.4 cm³/mol. The van der Waals surface area contributed by atoms with Gasteiger partial charge in [0.15, 0.2) is 0 Å². The number of imide groups is 1. The summed E-state index contributed by atoms with van der Waals surface area (Å²) < 4.78 is 0. The van der Waals surface area contributed by atoms with Crippen LogP contribution >= 0.6 is 0 Å². The van der Waals surface area contributed by atoms with Crippen LogP contribution in [0.1, 0.15) is 25.7 Å². The number of amides is 2. The smallest absolute Gasteiger partial charge is 0.323 e. The maximum absolute atomic E-state index is 12.2. The molecule has 0 aliphatic carbocycles. The van der Waals surface area contributed by atoms with E-state index in [2.05, 4.69) is 10.6 Å². The summed E-state index contributed by atoms with van der Waals surface area (Å²) in [5.41, 5.74) is 0. The van der Waals surface area contributed by atoms with Gasteiger partial charge in [-0.1, -0.05) is 0 Å². The number of carboxylic acid groups (broad SMARTS) is 1. The number of aliphatic carboxylic acids is 1. The topological polar surface area (TPSA) is 98.7 Å². The minimum Gasteiger partial charge on any atom is -0.480 e. The first-order valence-electron chi connectivity index (χ1n) is 6.63. The molecule has 2 aliphatic rings. The molecule has 2 fully saturated rings. The maximum atomic E-state index is 12.2. The van der Waals surface area contributed by atoms with Gasteiger partial charge in [0.25, 0.3) is 0 Å². The van der Waals surface area contributed by atoms with Crippen LogP contribution in [0.4, 0.5) is 0 Å². The Morgan fingerprint density at radius 1 is 1.00 bits per heavy atom. The number of hydrogen-bond acceptors (Lipinski definition) is 5. The molecule has 2 saturated heterocycles. The van der Waals surface area contributed by atoms with Crippen LogP contribution in [0.3, 0.4) is 0 Å². The first-order chi connectivity index (χ1) is 9.09. The fourth-order valence-corrected chi connectivity index (χ4v) is 2.57. The van der Waals surface area contributed by atoms with Crippen molar-refractivity contribution in [3.8, 4) is 0 Å². The molecule has 2 heterocycles. The number of nitrogens with one attached hydrogen (secondary N) is 2. The molecule has 106 valence electrons. The van der Waals surface area contributed by atoms with Crippen LogP contribution in [0.25, 0.3) is 0 Å². The van der Waals surface area contributed by atoms with Crippen LogP contribution in [0, 0.1) is 0 Å². The lowest BCUT2D eigenvalue weighted by Crippen LogP contribution is -2.53. The molecule has 0 saturated carbocycles. The zero-order chi connectivity index (χ0) is 13.8. The summed E-state index contributed by atoms with van der Waals surface area (Å²) in [5, 5.41) is 14.9. The Balaban J connectivity index is 2.07. The summed E-state index contributed by atoms with van der Waals surface area (Å²) in [6, 6.07) is -0.852. The summed E-state index contributed by atoms with van der Waals surface area (Å²) in [6.45, 7) is 0.897. The number of carbonyl (C=O) groups excluding carboxylic acids is 2. The SMILES string of the molecule is O=C(O)CN(C(=O)C1CCCN1)C(=O)C1CCCN1. The van der Waals surface area contributed by atoms with Crippen LogP contribution in [-0.4, -0.2) is 59.5 Å². The molecule has 19 heavy (non-hydrogen) atoms. The summed E-state index contributed by atoms with van der Waals surface area (Å²) in [6.07, 6.45) is 3.04. The summed E-state index contributed by atoms with van der Waals surface area (Å²) >= 11 is 0. The summed E-state index contributed by atoms with van der Waals surface area (Å²) in [5.74, 6) is -2.00. The van der Waals surface area contributed by atoms with Crippen LogP contribution < -0.4 is 10.6 Å². The van der Waals surface area contributed by atoms with E-state index in [0.717, 1.165) is 30.8 Å². The minimum absolute atomic E-state index is 0.418. The van der Waals surface area contributed by atoms with E-state index in [-0.39, 0.29) is 0 Å². The third kappa shape index (κ3) is 3.30. The Kier molecular flexibility index (Phi) is 4.49. The van der Waals surface area contributed by atoms with E-state index in [1.165, 1.54) is 0 Å². The fraction of sp³-hybridized carbons (Fsp3) is 0.750. The van der Waals surface area contributed by atoms with Gasteiger partial charge in [-0.25, -0.2) is 0 Å². The third-order valence-electron chi connectivity index (χ3n) is 3.54. The zero-order valence-corrected chi connectivity index (χ0v) is 10.7. The molecule has 7 heteroatoms. The van der Waals surface area contributed by atoms with Crippen LogP contribution in [0.5, 0.6) is 0 Å². The minimum atomic E-state index is -1.17. The van der Waals surface area contributed by atoms with Crippen LogP contribution in [-0.2, 0) is 14.4 Å². The van der Waals surface area contributed by atoms with Gasteiger partial charge in [0.2, 0.25) is 11.8 Å². The average molecular weight is 269 g/mol. The molecule has 0 radical (unpaired) electrons. The summed E-state index contributed by atoms with van der Waals surface area (Å²) in [4.78, 5) is 36.2. The third-order valence-corrected chi connectivity index (χ3v) is 3.54. The monoisotopic (exact) mass is 269 g/mol. The Hall–Kier alpha value is -1.47. The number of hydrogen-bond donors (Lipinski definition) is 3. The Morgan fingerprint density at radius 2 is 1.47 bits per heavy atom. The number of carbonyl (C=O) groups is 3. The lowest BCUT2D eigenvalue weighted by Gasteiger charge is -2.25. The van der Waals surface area contributed by atoms with E-state index in [0.29, 0.717) is 12.8 Å². The van der Waals surface area contributed by atoms with Crippen molar-refractivity contribution in [3.05, 3.63) is 0 Å². The highest BCUT2D eigenvalue weighted by atomic mass is 16.4. The second kappa shape index (κ2) is 6.12. The molecule has 2 amide bonds. The molecule has 2 rings (SSSR count). The molecule has 2 aliphatic heterocycles. The summed E-state index contributed by atoms with van der Waals surface area (Å²) in [7, 11) is 0. The van der Waals surface area contributed by atoms with Gasteiger partial charge in [0.05, 0.1) is 12.1 Å². The van der Waals surface area contributed by atoms with Gasteiger partial charge in [0.1, 0.15) is 6.54 Å². The lowest BCUT2D eigenvalue weighted by atomic mass is 10.1. The van der Waals surface area contributed by atoms with Gasteiger partial charge < -0.3 is 15.7 Å². The van der Waals surface area contributed by atoms with Gasteiger partial charge >= 0.3 is 5.97 Å². The number of nitrogens with zero attached hydrogens (tertiary/aromatic N) is 1. The second-order valence-electron chi connectivity index (χ2n) is 4.95. The van der Waals surface area contributed by atoms with E-state index >= 15 is 0 Å². The highest BCUT2D eigenvalue weighted by Crippen LogP contribution is 2.13. The average Bonchev–Trinajstić information content (AvgIpc) is 3.05. The largest absolute Gasteiger partial charge is 0.480 e. The normalized spacial score (nSPS) is 26.3. The van der Waals surface area contributed by atoms with Gasteiger partial charge in [-0.05, 0) is 38.8 Å². The molecule has 2 atom stereocenters. The molecule has 0 bridgehead atoms. The standard InChI is InChI=1S/C12H19N3O4/c16-10(17)7-15(11(18)8-3-1-5-13-8)12(19)9-4-2-6-14-9/h8-9,13-14H,1-7H2,(H,16,17). The highest BCUT2D eigenvalue weighted by molar-refractivity contribution is 6.02. The Bertz CT molecular complexity index is 345. The molecule has 0 aromatic heterocycles. The van der Waals surface area contributed by atoms with Crippen molar-refractivity contribution in [2.75, 3.05) is 19.6 Å². The van der Waals surface area contributed by atoms with E-state index in [4.69, 9.17) is 5.11 Å². The van der Waals surface area contributed by atoms with Gasteiger partial charge in [-0.15, -0.1) is 0 Å². The second-order valence-corrected chi connectivity index (χ2v) is 4.95. The van der Waals surface area contributed by atoms with Crippen molar-refractivity contribution in [2.24, 2.45) is 0 Å². The maximum Gasteiger partial charge on any atom is 0.323 e. The van der Waals surface area contributed by atoms with Crippen molar-refractivity contribution in [3.63, 3.8) is 0 Å². The zero-order valence-electron chi connectivity index (χ0n) is 10.7. The van der Waals surface area contributed by atoms with Crippen molar-refractivity contribution in [2.45, 2.75) is 37.8 Å². The molecule has 3 N–H and O–H groups in total. The number of rotatable bonds is 4. The van der Waals surface area contributed by atoms with E-state index in [9.17, 15) is 14.4 Å². The molecule has 0 aromatic carbocycles. The lowest BCUT2D eigenvalue weighted by molar-refractivity contribution is -0.154. The van der Waals surface area contributed by atoms with Gasteiger partial charge in [0, 0.05) is 0 Å². The van der Waals surface area contributed by atoms with E-state index in [1.54, 1.807) is 0 Å². The first-order valence-corrected chi connectivity index (χ1v) is 6.63. The molecular weight excluding hydrogens is 250 g/mol. The van der Waals surface area contributed by atoms with Gasteiger partial charge in [-0.2, -0.15) is 0 Å². The Labute approximate surface area is 111 Å². The molecule has 2 unspecified atom stereocenters.